The normalized spacial score (nSPS) is 28.3. The summed E-state index contributed by atoms with van der Waals surface area (Å²) < 4.78 is 0. The third kappa shape index (κ3) is 5.38. The number of hydrogen-bond donors (Lipinski definition) is 2. The van der Waals surface area contributed by atoms with Crippen LogP contribution in [0.25, 0.3) is 0 Å². The number of likely N-dealkylation sites (tertiary alicyclic amines) is 1. The lowest BCUT2D eigenvalue weighted by Gasteiger charge is -2.27. The minimum absolute atomic E-state index is 0.0819. The van der Waals surface area contributed by atoms with Gasteiger partial charge in [-0.25, -0.2) is 0 Å². The minimum Gasteiger partial charge on any atom is -0.357 e. The first-order valence-corrected chi connectivity index (χ1v) is 9.84. The number of guanidine groups is 1. The van der Waals surface area contributed by atoms with Gasteiger partial charge in [0, 0.05) is 38.1 Å². The smallest absolute Gasteiger partial charge is 0.225 e. The maximum absolute atomic E-state index is 12.1. The molecule has 24 heavy (non-hydrogen) atoms. The van der Waals surface area contributed by atoms with E-state index in [9.17, 15) is 4.79 Å². The van der Waals surface area contributed by atoms with Gasteiger partial charge >= 0.3 is 0 Å². The highest BCUT2D eigenvalue weighted by Gasteiger charge is 2.28. The fraction of sp³-hybridized carbons (Fsp3) is 0.895. The highest BCUT2D eigenvalue weighted by molar-refractivity contribution is 5.81. The molecule has 0 spiro atoms. The van der Waals surface area contributed by atoms with Crippen LogP contribution in [-0.4, -0.2) is 49.0 Å². The molecule has 5 nitrogen and oxygen atoms in total. The van der Waals surface area contributed by atoms with E-state index in [4.69, 9.17) is 4.99 Å². The Morgan fingerprint density at radius 3 is 2.67 bits per heavy atom. The molecule has 2 fully saturated rings. The number of carbonyl (C=O) groups is 1. The van der Waals surface area contributed by atoms with Gasteiger partial charge in [-0.3, -0.25) is 9.79 Å². The maximum Gasteiger partial charge on any atom is 0.225 e. The molecule has 0 aromatic carbocycles. The second-order valence-electron chi connectivity index (χ2n) is 7.81. The Labute approximate surface area is 147 Å². The molecule has 0 bridgehead atoms. The highest BCUT2D eigenvalue weighted by atomic mass is 16.2. The van der Waals surface area contributed by atoms with Crippen LogP contribution in [0.15, 0.2) is 4.99 Å². The molecule has 0 aromatic rings. The average Bonchev–Trinajstić information content (AvgIpc) is 3.01. The van der Waals surface area contributed by atoms with Crippen LogP contribution in [0.3, 0.4) is 0 Å². The summed E-state index contributed by atoms with van der Waals surface area (Å²) in [6.45, 7) is 11.8. The van der Waals surface area contributed by atoms with Gasteiger partial charge in [0.2, 0.25) is 5.91 Å². The molecule has 2 aliphatic rings. The third-order valence-corrected chi connectivity index (χ3v) is 5.45. The average molecular weight is 337 g/mol. The zero-order valence-electron chi connectivity index (χ0n) is 16.0. The molecular formula is C19H36N4O. The molecule has 1 heterocycles. The van der Waals surface area contributed by atoms with E-state index >= 15 is 0 Å². The fourth-order valence-electron chi connectivity index (χ4n) is 3.83. The van der Waals surface area contributed by atoms with E-state index in [0.29, 0.717) is 6.04 Å². The second-order valence-corrected chi connectivity index (χ2v) is 7.81. The molecule has 1 amide bonds. The first kappa shape index (κ1) is 19.1. The van der Waals surface area contributed by atoms with E-state index in [1.165, 1.54) is 25.7 Å². The summed E-state index contributed by atoms with van der Waals surface area (Å²) >= 11 is 0. The van der Waals surface area contributed by atoms with Crippen molar-refractivity contribution in [3.63, 3.8) is 0 Å². The van der Waals surface area contributed by atoms with Gasteiger partial charge in [0.1, 0.15) is 0 Å². The number of nitrogens with zero attached hydrogens (tertiary/aromatic N) is 2. The first-order valence-electron chi connectivity index (χ1n) is 9.84. The van der Waals surface area contributed by atoms with Crippen LogP contribution >= 0.6 is 0 Å². The van der Waals surface area contributed by atoms with E-state index in [0.717, 1.165) is 50.4 Å². The Bertz CT molecular complexity index is 435. The molecular weight excluding hydrogens is 300 g/mol. The van der Waals surface area contributed by atoms with Crippen molar-refractivity contribution in [2.24, 2.45) is 22.7 Å². The van der Waals surface area contributed by atoms with Crippen molar-refractivity contribution in [1.29, 1.82) is 0 Å². The molecule has 5 heteroatoms. The molecule has 2 rings (SSSR count). The second kappa shape index (κ2) is 9.28. The van der Waals surface area contributed by atoms with Crippen molar-refractivity contribution >= 4 is 11.9 Å². The quantitative estimate of drug-likeness (QED) is 0.599. The largest absolute Gasteiger partial charge is 0.357 e. The fourth-order valence-corrected chi connectivity index (χ4v) is 3.83. The van der Waals surface area contributed by atoms with E-state index in [-0.39, 0.29) is 11.8 Å². The number of amides is 1. The zero-order valence-corrected chi connectivity index (χ0v) is 16.0. The van der Waals surface area contributed by atoms with Gasteiger partial charge in [-0.05, 0) is 31.6 Å². The van der Waals surface area contributed by atoms with Gasteiger partial charge in [0.15, 0.2) is 5.96 Å². The first-order chi connectivity index (χ1) is 11.5. The van der Waals surface area contributed by atoms with Crippen LogP contribution in [0.5, 0.6) is 0 Å². The van der Waals surface area contributed by atoms with E-state index in [2.05, 4.69) is 24.5 Å². The van der Waals surface area contributed by atoms with Gasteiger partial charge in [0.05, 0.1) is 0 Å². The van der Waals surface area contributed by atoms with E-state index < -0.39 is 0 Å². The summed E-state index contributed by atoms with van der Waals surface area (Å²) in [4.78, 5) is 19.0. The monoisotopic (exact) mass is 336 g/mol. The standard InChI is InChI=1S/C19H36N4O/c1-5-20-19(21-12-16-9-7-6-8-15(16)4)22-17-10-11-23(13-17)18(24)14(2)3/h14-17H,5-13H2,1-4H3,(H2,20,21,22). The van der Waals surface area contributed by atoms with Crippen molar-refractivity contribution < 1.29 is 4.79 Å². The number of hydrogen-bond acceptors (Lipinski definition) is 2. The zero-order chi connectivity index (χ0) is 17.5. The van der Waals surface area contributed by atoms with Crippen LogP contribution in [0.2, 0.25) is 0 Å². The van der Waals surface area contributed by atoms with Gasteiger partial charge < -0.3 is 15.5 Å². The van der Waals surface area contributed by atoms with Crippen molar-refractivity contribution in [2.75, 3.05) is 26.2 Å². The molecule has 0 radical (unpaired) electrons. The Kier molecular flexibility index (Phi) is 7.38. The minimum atomic E-state index is 0.0819. The van der Waals surface area contributed by atoms with E-state index in [1.54, 1.807) is 0 Å². The molecule has 138 valence electrons. The summed E-state index contributed by atoms with van der Waals surface area (Å²) in [5.74, 6) is 2.77. The Hall–Kier alpha value is -1.26. The molecule has 2 N–H and O–H groups in total. The van der Waals surface area contributed by atoms with Crippen molar-refractivity contribution in [3.8, 4) is 0 Å². The maximum atomic E-state index is 12.1. The summed E-state index contributed by atoms with van der Waals surface area (Å²) in [6, 6.07) is 0.314. The number of nitrogens with one attached hydrogen (secondary N) is 2. The van der Waals surface area contributed by atoms with Crippen LogP contribution in [0.4, 0.5) is 0 Å². The molecule has 3 atom stereocenters. The van der Waals surface area contributed by atoms with Crippen LogP contribution in [0, 0.1) is 17.8 Å². The topological polar surface area (TPSA) is 56.7 Å². The van der Waals surface area contributed by atoms with Crippen molar-refractivity contribution in [2.45, 2.75) is 65.8 Å². The summed E-state index contributed by atoms with van der Waals surface area (Å²) in [5, 5.41) is 6.91. The van der Waals surface area contributed by atoms with Gasteiger partial charge in [-0.15, -0.1) is 0 Å². The number of aliphatic imine (C=N–C) groups is 1. The van der Waals surface area contributed by atoms with E-state index in [1.807, 2.05) is 18.7 Å². The van der Waals surface area contributed by atoms with Gasteiger partial charge in [0.25, 0.3) is 0 Å². The molecule has 0 aromatic heterocycles. The Morgan fingerprint density at radius 2 is 2.00 bits per heavy atom. The third-order valence-electron chi connectivity index (χ3n) is 5.45. The Balaban J connectivity index is 1.86. The summed E-state index contributed by atoms with van der Waals surface area (Å²) in [7, 11) is 0. The van der Waals surface area contributed by atoms with Crippen LogP contribution in [-0.2, 0) is 4.79 Å². The SMILES string of the molecule is CCNC(=NCC1CCCCC1C)NC1CCN(C(=O)C(C)C)C1. The molecule has 1 saturated heterocycles. The van der Waals surface area contributed by atoms with Gasteiger partial charge in [-0.2, -0.15) is 0 Å². The summed E-state index contributed by atoms with van der Waals surface area (Å²) in [5.41, 5.74) is 0. The lowest BCUT2D eigenvalue weighted by molar-refractivity contribution is -0.133. The predicted molar refractivity (Wildman–Crippen MR) is 100 cm³/mol. The molecule has 1 saturated carbocycles. The van der Waals surface area contributed by atoms with Gasteiger partial charge in [-0.1, -0.05) is 40.0 Å². The lowest BCUT2D eigenvalue weighted by Crippen LogP contribution is -2.45. The summed E-state index contributed by atoms with van der Waals surface area (Å²) in [6.07, 6.45) is 6.39. The van der Waals surface area contributed by atoms with Crippen LogP contribution in [0.1, 0.15) is 59.8 Å². The Morgan fingerprint density at radius 1 is 1.25 bits per heavy atom. The lowest BCUT2D eigenvalue weighted by atomic mass is 9.80. The molecule has 3 unspecified atom stereocenters. The van der Waals surface area contributed by atoms with Crippen molar-refractivity contribution in [3.05, 3.63) is 0 Å². The molecule has 1 aliphatic carbocycles. The predicted octanol–water partition coefficient (Wildman–Crippen LogP) is 2.62. The molecule has 1 aliphatic heterocycles. The highest BCUT2D eigenvalue weighted by Crippen LogP contribution is 2.29. The van der Waals surface area contributed by atoms with Crippen LogP contribution < -0.4 is 10.6 Å². The number of carbonyl (C=O) groups excluding carboxylic acids is 1. The van der Waals surface area contributed by atoms with Crippen molar-refractivity contribution in [1.82, 2.24) is 15.5 Å². The number of rotatable bonds is 5.